The van der Waals surface area contributed by atoms with Crippen LogP contribution in [0.3, 0.4) is 0 Å². The average Bonchev–Trinajstić information content (AvgIpc) is 2.63. The van der Waals surface area contributed by atoms with E-state index in [1.165, 1.54) is 4.88 Å². The Labute approximate surface area is 115 Å². The van der Waals surface area contributed by atoms with Crippen LogP contribution in [0.4, 0.5) is 0 Å². The molecule has 0 radical (unpaired) electrons. The van der Waals surface area contributed by atoms with Crippen LogP contribution in [0.15, 0.2) is 0 Å². The van der Waals surface area contributed by atoms with Crippen LogP contribution in [0.2, 0.25) is 0 Å². The molecule has 0 amide bonds. The zero-order chi connectivity index (χ0) is 13.8. The minimum Gasteiger partial charge on any atom is -0.385 e. The number of aromatic nitrogens is 1. The summed E-state index contributed by atoms with van der Waals surface area (Å²) in [5, 5.41) is 4.77. The summed E-state index contributed by atoms with van der Waals surface area (Å²) >= 11 is 1.79. The van der Waals surface area contributed by atoms with Crippen LogP contribution in [-0.4, -0.2) is 25.2 Å². The van der Waals surface area contributed by atoms with E-state index in [-0.39, 0.29) is 5.41 Å². The molecular formula is C14H26N2OS. The second-order valence-electron chi connectivity index (χ2n) is 5.69. The highest BCUT2D eigenvalue weighted by molar-refractivity contribution is 7.11. The summed E-state index contributed by atoms with van der Waals surface area (Å²) in [7, 11) is 1.76. The maximum absolute atomic E-state index is 5.16. The number of thiazole rings is 1. The first-order chi connectivity index (χ1) is 8.35. The zero-order valence-corrected chi connectivity index (χ0v) is 13.3. The lowest BCUT2D eigenvalue weighted by atomic mass is 9.89. The Balaban J connectivity index is 2.50. The quantitative estimate of drug-likeness (QED) is 0.823. The van der Waals surface area contributed by atoms with Gasteiger partial charge in [-0.15, -0.1) is 11.3 Å². The van der Waals surface area contributed by atoms with Crippen LogP contribution in [0.1, 0.15) is 48.8 Å². The monoisotopic (exact) mass is 270 g/mol. The third kappa shape index (κ3) is 4.67. The molecule has 0 saturated carbocycles. The normalized spacial score (nSPS) is 13.9. The maximum atomic E-state index is 5.16. The highest BCUT2D eigenvalue weighted by Gasteiger charge is 2.20. The Bertz CT molecular complexity index is 374. The van der Waals surface area contributed by atoms with Gasteiger partial charge in [-0.2, -0.15) is 0 Å². The number of rotatable bonds is 7. The average molecular weight is 270 g/mol. The van der Waals surface area contributed by atoms with Crippen molar-refractivity contribution in [1.82, 2.24) is 10.3 Å². The summed E-state index contributed by atoms with van der Waals surface area (Å²) in [6.45, 7) is 12.7. The lowest BCUT2D eigenvalue weighted by Gasteiger charge is -2.26. The molecule has 3 nitrogen and oxygen atoms in total. The Hall–Kier alpha value is -0.450. The second kappa shape index (κ2) is 6.64. The van der Waals surface area contributed by atoms with Crippen molar-refractivity contribution in [2.24, 2.45) is 5.41 Å². The predicted octanol–water partition coefficient (Wildman–Crippen LogP) is 3.47. The number of hydrogen-bond acceptors (Lipinski definition) is 4. The molecule has 4 heteroatoms. The molecule has 1 heterocycles. The van der Waals surface area contributed by atoms with Crippen molar-refractivity contribution < 1.29 is 4.74 Å². The summed E-state index contributed by atoms with van der Waals surface area (Å²) in [5.74, 6) is 0. The molecule has 1 atom stereocenters. The van der Waals surface area contributed by atoms with Crippen LogP contribution < -0.4 is 5.32 Å². The number of aryl methyl sites for hydroxylation is 2. The van der Waals surface area contributed by atoms with Crippen molar-refractivity contribution in [3.05, 3.63) is 15.6 Å². The lowest BCUT2D eigenvalue weighted by molar-refractivity contribution is 0.149. The molecule has 0 spiro atoms. The first kappa shape index (κ1) is 15.6. The molecule has 1 N–H and O–H groups in total. The Morgan fingerprint density at radius 1 is 1.39 bits per heavy atom. The van der Waals surface area contributed by atoms with Gasteiger partial charge in [0.1, 0.15) is 0 Å². The predicted molar refractivity (Wildman–Crippen MR) is 78.3 cm³/mol. The molecule has 1 aromatic rings. The number of methoxy groups -OCH3 is 1. The first-order valence-electron chi connectivity index (χ1n) is 6.52. The number of nitrogens with one attached hydrogen (secondary N) is 1. The van der Waals surface area contributed by atoms with Crippen molar-refractivity contribution in [3.63, 3.8) is 0 Å². The molecule has 0 aromatic carbocycles. The first-order valence-corrected chi connectivity index (χ1v) is 7.33. The van der Waals surface area contributed by atoms with Crippen LogP contribution in [0.5, 0.6) is 0 Å². The van der Waals surface area contributed by atoms with E-state index in [0.717, 1.165) is 30.3 Å². The third-order valence-electron chi connectivity index (χ3n) is 3.20. The molecule has 0 aliphatic carbocycles. The molecule has 1 unspecified atom stereocenters. The smallest absolute Gasteiger partial charge is 0.0900 e. The van der Waals surface area contributed by atoms with Crippen molar-refractivity contribution in [3.8, 4) is 0 Å². The van der Waals surface area contributed by atoms with Gasteiger partial charge in [-0.25, -0.2) is 4.98 Å². The second-order valence-corrected chi connectivity index (χ2v) is 6.93. The third-order valence-corrected chi connectivity index (χ3v) is 4.46. The fourth-order valence-corrected chi connectivity index (χ4v) is 2.89. The van der Waals surface area contributed by atoms with Gasteiger partial charge in [0, 0.05) is 31.2 Å². The van der Waals surface area contributed by atoms with E-state index in [4.69, 9.17) is 4.74 Å². The van der Waals surface area contributed by atoms with Gasteiger partial charge in [0.25, 0.3) is 0 Å². The van der Waals surface area contributed by atoms with Crippen molar-refractivity contribution in [1.29, 1.82) is 0 Å². The van der Waals surface area contributed by atoms with Gasteiger partial charge in [-0.1, -0.05) is 13.8 Å². The summed E-state index contributed by atoms with van der Waals surface area (Å²) in [6, 6.07) is 0.373. The van der Waals surface area contributed by atoms with E-state index in [9.17, 15) is 0 Å². The van der Waals surface area contributed by atoms with Crippen LogP contribution >= 0.6 is 11.3 Å². The molecule has 0 bridgehead atoms. The standard InChI is InChI=1S/C14H26N2OS/c1-10(13-11(2)16-12(3)18-13)15-9-14(4,5)7-8-17-6/h10,15H,7-9H2,1-6H3. The minimum atomic E-state index is 0.262. The van der Waals surface area contributed by atoms with Crippen LogP contribution in [-0.2, 0) is 4.74 Å². The molecule has 104 valence electrons. The molecule has 1 rings (SSSR count). The molecule has 0 fully saturated rings. The summed E-state index contributed by atoms with van der Waals surface area (Å²) < 4.78 is 5.16. The van der Waals surface area contributed by atoms with E-state index in [1.54, 1.807) is 18.4 Å². The Kier molecular flexibility index (Phi) is 5.76. The van der Waals surface area contributed by atoms with Gasteiger partial charge >= 0.3 is 0 Å². The van der Waals surface area contributed by atoms with E-state index in [1.807, 2.05) is 0 Å². The molecule has 18 heavy (non-hydrogen) atoms. The molecule has 1 aromatic heterocycles. The fraction of sp³-hybridized carbons (Fsp3) is 0.786. The van der Waals surface area contributed by atoms with E-state index in [0.29, 0.717) is 6.04 Å². The van der Waals surface area contributed by atoms with Crippen molar-refractivity contribution in [2.45, 2.75) is 47.1 Å². The fourth-order valence-electron chi connectivity index (χ4n) is 1.94. The van der Waals surface area contributed by atoms with Crippen LogP contribution in [0.25, 0.3) is 0 Å². The number of hydrogen-bond donors (Lipinski definition) is 1. The van der Waals surface area contributed by atoms with E-state index >= 15 is 0 Å². The topological polar surface area (TPSA) is 34.1 Å². The summed E-state index contributed by atoms with van der Waals surface area (Å²) in [4.78, 5) is 5.84. The zero-order valence-electron chi connectivity index (χ0n) is 12.5. The summed E-state index contributed by atoms with van der Waals surface area (Å²) in [5.41, 5.74) is 1.42. The van der Waals surface area contributed by atoms with Gasteiger partial charge in [-0.3, -0.25) is 0 Å². The van der Waals surface area contributed by atoms with Gasteiger partial charge in [0.05, 0.1) is 10.7 Å². The van der Waals surface area contributed by atoms with Gasteiger partial charge in [-0.05, 0) is 32.6 Å². The minimum absolute atomic E-state index is 0.262. The number of nitrogens with zero attached hydrogens (tertiary/aromatic N) is 1. The Morgan fingerprint density at radius 2 is 2.06 bits per heavy atom. The van der Waals surface area contributed by atoms with Gasteiger partial charge < -0.3 is 10.1 Å². The molecular weight excluding hydrogens is 244 g/mol. The van der Waals surface area contributed by atoms with E-state index < -0.39 is 0 Å². The molecule has 0 aliphatic rings. The SMILES string of the molecule is COCCC(C)(C)CNC(C)c1sc(C)nc1C. The van der Waals surface area contributed by atoms with Crippen molar-refractivity contribution >= 4 is 11.3 Å². The van der Waals surface area contributed by atoms with Gasteiger partial charge in [0.15, 0.2) is 0 Å². The highest BCUT2D eigenvalue weighted by atomic mass is 32.1. The largest absolute Gasteiger partial charge is 0.385 e. The summed E-state index contributed by atoms with van der Waals surface area (Å²) in [6.07, 6.45) is 1.07. The lowest BCUT2D eigenvalue weighted by Crippen LogP contribution is -2.32. The maximum Gasteiger partial charge on any atom is 0.0900 e. The van der Waals surface area contributed by atoms with Crippen molar-refractivity contribution in [2.75, 3.05) is 20.3 Å². The highest BCUT2D eigenvalue weighted by Crippen LogP contribution is 2.26. The van der Waals surface area contributed by atoms with E-state index in [2.05, 4.69) is 44.9 Å². The molecule has 0 saturated heterocycles. The number of ether oxygens (including phenoxy) is 1. The molecule has 0 aliphatic heterocycles. The Morgan fingerprint density at radius 3 is 2.56 bits per heavy atom. The van der Waals surface area contributed by atoms with Gasteiger partial charge in [0.2, 0.25) is 0 Å². The van der Waals surface area contributed by atoms with Crippen LogP contribution in [0, 0.1) is 19.3 Å².